The molecule has 0 aliphatic rings. The molecule has 0 N–H and O–H groups in total. The summed E-state index contributed by atoms with van der Waals surface area (Å²) in [5.41, 5.74) is 0. The van der Waals surface area contributed by atoms with Crippen LogP contribution in [0.15, 0.2) is 24.3 Å². The molecule has 1 atom stereocenters. The quantitative estimate of drug-likeness (QED) is 0.0345. The molecule has 68 heavy (non-hydrogen) atoms. The Hall–Kier alpha value is -1.62. The number of hydrogen-bond acceptors (Lipinski definition) is 5. The van der Waals surface area contributed by atoms with Crippen LogP contribution >= 0.6 is 0 Å². The van der Waals surface area contributed by atoms with Crippen LogP contribution < -0.4 is 0 Å². The molecular formula is C63H120O5. The van der Waals surface area contributed by atoms with E-state index in [1.807, 2.05) is 0 Å². The van der Waals surface area contributed by atoms with Gasteiger partial charge in [-0.05, 0) is 70.6 Å². The first-order valence-corrected chi connectivity index (χ1v) is 30.9. The highest BCUT2D eigenvalue weighted by Gasteiger charge is 2.18. The zero-order valence-corrected chi connectivity index (χ0v) is 46.4. The van der Waals surface area contributed by atoms with E-state index in [4.69, 9.17) is 14.2 Å². The van der Waals surface area contributed by atoms with Crippen molar-refractivity contribution in [2.45, 2.75) is 348 Å². The standard InChI is InChI=1S/C63H120O5/c1-4-7-10-13-16-19-22-25-28-30-31-32-33-34-36-38-41-44-47-50-53-56-62(64)67-60-61(59-66-58-55-52-49-46-43-40-37-29-26-23-20-17-14-11-8-5-2)68-63(65)57-54-51-48-45-42-39-35-27-24-21-18-15-12-9-6-3/h25,27-28,35,61H,4-24,26,29-34,36-60H2,1-3H3/b28-25-,35-27-/t61-/m1/s1. The second kappa shape index (κ2) is 59.7. The van der Waals surface area contributed by atoms with Crippen molar-refractivity contribution in [3.05, 3.63) is 24.3 Å². The van der Waals surface area contributed by atoms with Crippen LogP contribution in [-0.4, -0.2) is 37.9 Å². The predicted molar refractivity (Wildman–Crippen MR) is 298 cm³/mol. The van der Waals surface area contributed by atoms with E-state index < -0.39 is 6.10 Å². The van der Waals surface area contributed by atoms with Gasteiger partial charge in [0.15, 0.2) is 6.10 Å². The molecule has 0 spiro atoms. The van der Waals surface area contributed by atoms with Crippen LogP contribution in [0, 0.1) is 0 Å². The number of carbonyl (C=O) groups is 2. The highest BCUT2D eigenvalue weighted by atomic mass is 16.6. The lowest BCUT2D eigenvalue weighted by Gasteiger charge is -2.18. The molecule has 0 amide bonds. The average molecular weight is 958 g/mol. The molecule has 402 valence electrons. The van der Waals surface area contributed by atoms with Crippen LogP contribution in [0.5, 0.6) is 0 Å². The molecule has 0 unspecified atom stereocenters. The summed E-state index contributed by atoms with van der Waals surface area (Å²) in [5, 5.41) is 0. The molecule has 0 aliphatic heterocycles. The molecule has 0 saturated heterocycles. The second-order valence-corrected chi connectivity index (χ2v) is 21.0. The topological polar surface area (TPSA) is 61.8 Å². The average Bonchev–Trinajstić information content (AvgIpc) is 3.34. The van der Waals surface area contributed by atoms with Crippen LogP contribution in [-0.2, 0) is 23.8 Å². The molecule has 0 bridgehead atoms. The summed E-state index contributed by atoms with van der Waals surface area (Å²) in [4.78, 5) is 25.6. The Morgan fingerprint density at radius 2 is 0.574 bits per heavy atom. The lowest BCUT2D eigenvalue weighted by atomic mass is 10.0. The van der Waals surface area contributed by atoms with E-state index in [1.165, 1.54) is 263 Å². The van der Waals surface area contributed by atoms with Crippen LogP contribution in [0.2, 0.25) is 0 Å². The number of ether oxygens (including phenoxy) is 3. The summed E-state index contributed by atoms with van der Waals surface area (Å²) in [5.74, 6) is -0.383. The van der Waals surface area contributed by atoms with Gasteiger partial charge < -0.3 is 14.2 Å². The van der Waals surface area contributed by atoms with E-state index in [9.17, 15) is 9.59 Å². The number of hydrogen-bond donors (Lipinski definition) is 0. The minimum Gasteiger partial charge on any atom is -0.462 e. The minimum atomic E-state index is -0.535. The smallest absolute Gasteiger partial charge is 0.306 e. The number of esters is 2. The van der Waals surface area contributed by atoms with Gasteiger partial charge in [-0.2, -0.15) is 0 Å². The summed E-state index contributed by atoms with van der Waals surface area (Å²) in [6, 6.07) is 0. The molecule has 0 saturated carbocycles. The number of rotatable bonds is 58. The Morgan fingerprint density at radius 1 is 0.309 bits per heavy atom. The van der Waals surface area contributed by atoms with Crippen molar-refractivity contribution in [2.24, 2.45) is 0 Å². The Kier molecular flexibility index (Phi) is 58.3. The largest absolute Gasteiger partial charge is 0.462 e. The van der Waals surface area contributed by atoms with E-state index in [0.29, 0.717) is 26.1 Å². The highest BCUT2D eigenvalue weighted by molar-refractivity contribution is 5.70. The first kappa shape index (κ1) is 66.4. The van der Waals surface area contributed by atoms with Gasteiger partial charge in [0.2, 0.25) is 0 Å². The van der Waals surface area contributed by atoms with Gasteiger partial charge in [0.1, 0.15) is 6.61 Å². The van der Waals surface area contributed by atoms with E-state index >= 15 is 0 Å². The monoisotopic (exact) mass is 957 g/mol. The Labute approximate surface area is 426 Å². The van der Waals surface area contributed by atoms with Crippen molar-refractivity contribution >= 4 is 11.9 Å². The van der Waals surface area contributed by atoms with Crippen molar-refractivity contribution in [3.8, 4) is 0 Å². The molecule has 0 radical (unpaired) electrons. The summed E-state index contributed by atoms with van der Waals surface area (Å²) in [6.07, 6.45) is 72.1. The zero-order valence-electron chi connectivity index (χ0n) is 46.4. The van der Waals surface area contributed by atoms with Crippen molar-refractivity contribution in [1.29, 1.82) is 0 Å². The molecule has 0 aliphatic carbocycles. The van der Waals surface area contributed by atoms with E-state index in [-0.39, 0.29) is 18.5 Å². The fourth-order valence-corrected chi connectivity index (χ4v) is 9.33. The SMILES string of the molecule is CCCCCCCC/C=C\CCCCCCCCCCCCCC(=O)OC[C@@H](COCCCCCCCCCCCCCCCCCC)OC(=O)CCCCCCC/C=C\CCCCCCCC. The first-order chi connectivity index (χ1) is 33.6. The molecule has 0 aromatic rings. The normalized spacial score (nSPS) is 12.2. The van der Waals surface area contributed by atoms with Gasteiger partial charge in [-0.3, -0.25) is 9.59 Å². The van der Waals surface area contributed by atoms with Gasteiger partial charge in [-0.15, -0.1) is 0 Å². The molecule has 5 heteroatoms. The maximum Gasteiger partial charge on any atom is 0.306 e. The Balaban J connectivity index is 4.19. The lowest BCUT2D eigenvalue weighted by molar-refractivity contribution is -0.163. The summed E-state index contributed by atoms with van der Waals surface area (Å²) in [7, 11) is 0. The van der Waals surface area contributed by atoms with Crippen LogP contribution in [0.3, 0.4) is 0 Å². The van der Waals surface area contributed by atoms with Gasteiger partial charge in [0.25, 0.3) is 0 Å². The first-order valence-electron chi connectivity index (χ1n) is 30.9. The summed E-state index contributed by atoms with van der Waals surface area (Å²) >= 11 is 0. The molecular weight excluding hydrogens is 837 g/mol. The highest BCUT2D eigenvalue weighted by Crippen LogP contribution is 2.17. The third kappa shape index (κ3) is 57.0. The van der Waals surface area contributed by atoms with Gasteiger partial charge in [0, 0.05) is 19.4 Å². The number of allylic oxidation sites excluding steroid dienone is 4. The predicted octanol–water partition coefficient (Wildman–Crippen LogP) is 21.1. The van der Waals surface area contributed by atoms with E-state index in [0.717, 1.165) is 44.9 Å². The molecule has 0 heterocycles. The molecule has 0 fully saturated rings. The van der Waals surface area contributed by atoms with Crippen molar-refractivity contribution in [1.82, 2.24) is 0 Å². The fourth-order valence-electron chi connectivity index (χ4n) is 9.33. The molecule has 5 nitrogen and oxygen atoms in total. The van der Waals surface area contributed by atoms with E-state index in [2.05, 4.69) is 45.1 Å². The summed E-state index contributed by atoms with van der Waals surface area (Å²) < 4.78 is 17.5. The number of unbranched alkanes of at least 4 members (excludes halogenated alkanes) is 43. The summed E-state index contributed by atoms with van der Waals surface area (Å²) in [6.45, 7) is 7.89. The van der Waals surface area contributed by atoms with E-state index in [1.54, 1.807) is 0 Å². The Bertz CT molecular complexity index is 1040. The molecule has 0 rings (SSSR count). The Morgan fingerprint density at radius 3 is 0.897 bits per heavy atom. The fraction of sp³-hybridized carbons (Fsp3) is 0.905. The third-order valence-electron chi connectivity index (χ3n) is 14.0. The maximum atomic E-state index is 12.9. The van der Waals surface area contributed by atoms with Crippen LogP contribution in [0.1, 0.15) is 342 Å². The van der Waals surface area contributed by atoms with Crippen molar-refractivity contribution < 1.29 is 23.8 Å². The van der Waals surface area contributed by atoms with Gasteiger partial charge in [0.05, 0.1) is 6.61 Å². The lowest BCUT2D eigenvalue weighted by Crippen LogP contribution is -2.30. The van der Waals surface area contributed by atoms with Crippen molar-refractivity contribution in [2.75, 3.05) is 19.8 Å². The zero-order chi connectivity index (χ0) is 49.2. The van der Waals surface area contributed by atoms with Gasteiger partial charge in [-0.1, -0.05) is 283 Å². The second-order valence-electron chi connectivity index (χ2n) is 21.0. The third-order valence-corrected chi connectivity index (χ3v) is 14.0. The van der Waals surface area contributed by atoms with Gasteiger partial charge >= 0.3 is 11.9 Å². The van der Waals surface area contributed by atoms with Crippen molar-refractivity contribution in [3.63, 3.8) is 0 Å². The van der Waals surface area contributed by atoms with Crippen LogP contribution in [0.4, 0.5) is 0 Å². The molecule has 0 aromatic heterocycles. The minimum absolute atomic E-state index is 0.0891. The van der Waals surface area contributed by atoms with Gasteiger partial charge in [-0.25, -0.2) is 0 Å². The molecule has 0 aromatic carbocycles. The van der Waals surface area contributed by atoms with Crippen LogP contribution in [0.25, 0.3) is 0 Å². The number of carbonyl (C=O) groups excluding carboxylic acids is 2. The maximum absolute atomic E-state index is 12.9.